The fraction of sp³-hybridized carbons (Fsp3) is 0.591. The lowest BCUT2D eigenvalue weighted by molar-refractivity contribution is 0.0181. The minimum absolute atomic E-state index is 0.0431. The zero-order valence-electron chi connectivity index (χ0n) is 17.8. The van der Waals surface area contributed by atoms with Gasteiger partial charge < -0.3 is 18.9 Å². The highest BCUT2D eigenvalue weighted by atomic mass is 16.6. The second-order valence-electron chi connectivity index (χ2n) is 8.38. The summed E-state index contributed by atoms with van der Waals surface area (Å²) in [6, 6.07) is 7.79. The van der Waals surface area contributed by atoms with Crippen LogP contribution in [0.25, 0.3) is 11.0 Å². The average molecular weight is 402 g/mol. The Labute approximate surface area is 172 Å². The highest BCUT2D eigenvalue weighted by Gasteiger charge is 2.32. The fourth-order valence-electron chi connectivity index (χ4n) is 3.62. The zero-order chi connectivity index (χ0) is 21.0. The van der Waals surface area contributed by atoms with Crippen molar-refractivity contribution < 1.29 is 19.1 Å². The monoisotopic (exact) mass is 401 g/mol. The van der Waals surface area contributed by atoms with Crippen LogP contribution in [-0.2, 0) is 16.0 Å². The van der Waals surface area contributed by atoms with Crippen LogP contribution in [0.4, 0.5) is 4.79 Å². The van der Waals surface area contributed by atoms with Crippen molar-refractivity contribution in [3.63, 3.8) is 0 Å². The van der Waals surface area contributed by atoms with Gasteiger partial charge in [0, 0.05) is 32.2 Å². The summed E-state index contributed by atoms with van der Waals surface area (Å²) in [4.78, 5) is 31.8. The molecule has 1 amide bonds. The number of likely N-dealkylation sites (tertiary alicyclic amines) is 1. The number of carbonyl (C=O) groups excluding carboxylic acids is 2. The van der Waals surface area contributed by atoms with Gasteiger partial charge in [0.2, 0.25) is 5.78 Å². The van der Waals surface area contributed by atoms with E-state index in [-0.39, 0.29) is 17.8 Å². The van der Waals surface area contributed by atoms with E-state index in [2.05, 4.69) is 4.98 Å². The first-order valence-corrected chi connectivity index (χ1v) is 10.4. The summed E-state index contributed by atoms with van der Waals surface area (Å²) < 4.78 is 12.9. The number of piperidine rings is 1. The van der Waals surface area contributed by atoms with Gasteiger partial charge in [0.05, 0.1) is 17.6 Å². The third kappa shape index (κ3) is 5.15. The molecule has 1 aromatic heterocycles. The van der Waals surface area contributed by atoms with Gasteiger partial charge in [-0.25, -0.2) is 9.78 Å². The number of hydrogen-bond acceptors (Lipinski definition) is 5. The average Bonchev–Trinajstić information content (AvgIpc) is 3.05. The van der Waals surface area contributed by atoms with E-state index in [0.717, 1.165) is 11.0 Å². The third-order valence-electron chi connectivity index (χ3n) is 5.06. The maximum absolute atomic E-state index is 13.3. The number of Topliss-reactive ketones (excluding diaryl/α,β-unsaturated/α-hetero) is 1. The second kappa shape index (κ2) is 8.95. The molecule has 1 aliphatic heterocycles. The van der Waals surface area contributed by atoms with Crippen molar-refractivity contribution in [3.8, 4) is 0 Å². The Morgan fingerprint density at radius 1 is 1.17 bits per heavy atom. The van der Waals surface area contributed by atoms with Gasteiger partial charge in [-0.05, 0) is 52.7 Å². The van der Waals surface area contributed by atoms with Crippen molar-refractivity contribution in [1.29, 1.82) is 0 Å². The Morgan fingerprint density at radius 3 is 2.52 bits per heavy atom. The maximum atomic E-state index is 13.3. The summed E-state index contributed by atoms with van der Waals surface area (Å²) in [6.45, 7) is 10.3. The molecule has 1 fully saturated rings. The topological polar surface area (TPSA) is 73.7 Å². The first-order valence-electron chi connectivity index (χ1n) is 10.4. The quantitative estimate of drug-likeness (QED) is 0.542. The van der Waals surface area contributed by atoms with Crippen molar-refractivity contribution in [2.24, 2.45) is 5.92 Å². The van der Waals surface area contributed by atoms with Gasteiger partial charge in [-0.15, -0.1) is 0 Å². The van der Waals surface area contributed by atoms with Crippen LogP contribution in [0.2, 0.25) is 0 Å². The molecule has 0 spiro atoms. The van der Waals surface area contributed by atoms with Gasteiger partial charge in [0.1, 0.15) is 5.60 Å². The molecule has 158 valence electrons. The highest BCUT2D eigenvalue weighted by Crippen LogP contribution is 2.25. The molecule has 0 bridgehead atoms. The number of fused-ring (bicyclic) bond motifs is 1. The number of nitrogens with zero attached hydrogens (tertiary/aromatic N) is 3. The van der Waals surface area contributed by atoms with Crippen LogP contribution < -0.4 is 0 Å². The molecule has 1 aromatic carbocycles. The SMILES string of the molecule is CCOCCn1c(C(=O)C2CCN(C(=O)OC(C)(C)C)CC2)nc2ccccc21. The van der Waals surface area contributed by atoms with E-state index >= 15 is 0 Å². The van der Waals surface area contributed by atoms with Gasteiger partial charge in [-0.1, -0.05) is 12.1 Å². The van der Waals surface area contributed by atoms with Crippen molar-refractivity contribution in [3.05, 3.63) is 30.1 Å². The maximum Gasteiger partial charge on any atom is 0.410 e. The Balaban J connectivity index is 1.72. The minimum Gasteiger partial charge on any atom is -0.444 e. The Bertz CT molecular complexity index is 861. The molecule has 7 heteroatoms. The zero-order valence-corrected chi connectivity index (χ0v) is 17.8. The lowest BCUT2D eigenvalue weighted by Crippen LogP contribution is -2.43. The van der Waals surface area contributed by atoms with Crippen LogP contribution in [0, 0.1) is 5.92 Å². The summed E-state index contributed by atoms with van der Waals surface area (Å²) in [5, 5.41) is 0. The van der Waals surface area contributed by atoms with Gasteiger partial charge in [0.15, 0.2) is 5.82 Å². The van der Waals surface area contributed by atoms with Gasteiger partial charge in [-0.2, -0.15) is 0 Å². The van der Waals surface area contributed by atoms with E-state index in [1.807, 2.05) is 56.5 Å². The first kappa shape index (κ1) is 21.3. The Kier molecular flexibility index (Phi) is 6.57. The number of para-hydroxylation sites is 2. The number of carbonyl (C=O) groups is 2. The number of amides is 1. The molecule has 0 N–H and O–H groups in total. The minimum atomic E-state index is -0.519. The molecule has 3 rings (SSSR count). The number of aromatic nitrogens is 2. The predicted octanol–water partition coefficient (Wildman–Crippen LogP) is 3.90. The van der Waals surface area contributed by atoms with E-state index in [0.29, 0.717) is 51.5 Å². The third-order valence-corrected chi connectivity index (χ3v) is 5.06. The second-order valence-corrected chi connectivity index (χ2v) is 8.38. The summed E-state index contributed by atoms with van der Waals surface area (Å²) >= 11 is 0. The Morgan fingerprint density at radius 2 is 1.86 bits per heavy atom. The van der Waals surface area contributed by atoms with Crippen molar-refractivity contribution in [2.45, 2.75) is 52.7 Å². The molecule has 0 radical (unpaired) electrons. The number of ketones is 1. The summed E-state index contributed by atoms with van der Waals surface area (Å²) in [7, 11) is 0. The standard InChI is InChI=1S/C22H31N3O4/c1-5-28-15-14-25-18-9-7-6-8-17(18)23-20(25)19(26)16-10-12-24(13-11-16)21(27)29-22(2,3)4/h6-9,16H,5,10-15H2,1-4H3. The molecule has 0 atom stereocenters. The molecule has 2 aromatic rings. The number of hydrogen-bond donors (Lipinski definition) is 0. The van der Waals surface area contributed by atoms with E-state index in [1.165, 1.54) is 0 Å². The predicted molar refractivity (Wildman–Crippen MR) is 111 cm³/mol. The molecular formula is C22H31N3O4. The molecular weight excluding hydrogens is 370 g/mol. The van der Waals surface area contributed by atoms with Crippen LogP contribution in [0.5, 0.6) is 0 Å². The van der Waals surface area contributed by atoms with Crippen molar-refractivity contribution in [2.75, 3.05) is 26.3 Å². The lowest BCUT2D eigenvalue weighted by atomic mass is 9.92. The highest BCUT2D eigenvalue weighted by molar-refractivity contribution is 5.98. The number of ether oxygens (including phenoxy) is 2. The van der Waals surface area contributed by atoms with Crippen LogP contribution >= 0.6 is 0 Å². The van der Waals surface area contributed by atoms with E-state index in [4.69, 9.17) is 9.47 Å². The molecule has 29 heavy (non-hydrogen) atoms. The van der Waals surface area contributed by atoms with Crippen molar-refractivity contribution >= 4 is 22.9 Å². The van der Waals surface area contributed by atoms with Crippen LogP contribution in [0.1, 0.15) is 51.2 Å². The van der Waals surface area contributed by atoms with Gasteiger partial charge >= 0.3 is 6.09 Å². The largest absolute Gasteiger partial charge is 0.444 e. The van der Waals surface area contributed by atoms with E-state index in [1.54, 1.807) is 4.90 Å². The van der Waals surface area contributed by atoms with Crippen molar-refractivity contribution in [1.82, 2.24) is 14.5 Å². The first-order chi connectivity index (χ1) is 13.8. The Hall–Kier alpha value is -2.41. The molecule has 1 aliphatic rings. The molecule has 0 unspecified atom stereocenters. The molecule has 0 saturated carbocycles. The smallest absolute Gasteiger partial charge is 0.410 e. The van der Waals surface area contributed by atoms with E-state index in [9.17, 15) is 9.59 Å². The molecule has 1 saturated heterocycles. The molecule has 2 heterocycles. The number of imidazole rings is 1. The van der Waals surface area contributed by atoms with Crippen LogP contribution in [0.3, 0.4) is 0 Å². The number of benzene rings is 1. The van der Waals surface area contributed by atoms with Crippen LogP contribution in [-0.4, -0.2) is 58.2 Å². The fourth-order valence-corrected chi connectivity index (χ4v) is 3.62. The van der Waals surface area contributed by atoms with Crippen LogP contribution in [0.15, 0.2) is 24.3 Å². The summed E-state index contributed by atoms with van der Waals surface area (Å²) in [5.74, 6) is 0.388. The number of rotatable bonds is 6. The van der Waals surface area contributed by atoms with E-state index < -0.39 is 5.60 Å². The summed E-state index contributed by atoms with van der Waals surface area (Å²) in [6.07, 6.45) is 0.923. The normalized spacial score (nSPS) is 15.7. The van der Waals surface area contributed by atoms with Gasteiger partial charge in [0.25, 0.3) is 0 Å². The molecule has 7 nitrogen and oxygen atoms in total. The summed E-state index contributed by atoms with van der Waals surface area (Å²) in [5.41, 5.74) is 1.25. The molecule has 0 aliphatic carbocycles. The lowest BCUT2D eigenvalue weighted by Gasteiger charge is -2.32. The van der Waals surface area contributed by atoms with Gasteiger partial charge in [-0.3, -0.25) is 4.79 Å².